The van der Waals surface area contributed by atoms with Crippen molar-refractivity contribution in [2.24, 2.45) is 0 Å². The molecule has 1 aliphatic heterocycles. The number of hydrogen-bond acceptors (Lipinski definition) is 3. The van der Waals surface area contributed by atoms with E-state index in [1.165, 1.54) is 5.56 Å². The minimum atomic E-state index is 0.206. The van der Waals surface area contributed by atoms with Gasteiger partial charge in [0.15, 0.2) is 5.78 Å². The lowest BCUT2D eigenvalue weighted by atomic mass is 10.0. The van der Waals surface area contributed by atoms with Gasteiger partial charge in [0.2, 0.25) is 0 Å². The molecule has 116 valence electrons. The minimum absolute atomic E-state index is 0.206. The molecular weight excluding hydrogens is 262 g/mol. The van der Waals surface area contributed by atoms with Crippen molar-refractivity contribution >= 4 is 5.78 Å². The Hall–Kier alpha value is -1.19. The highest BCUT2D eigenvalue weighted by Crippen LogP contribution is 2.14. The fourth-order valence-electron chi connectivity index (χ4n) is 2.82. The number of carbonyl (C=O) groups excluding carboxylic acids is 1. The van der Waals surface area contributed by atoms with E-state index in [4.69, 9.17) is 4.74 Å². The quantitative estimate of drug-likeness (QED) is 0.688. The molecule has 2 rings (SSSR count). The van der Waals surface area contributed by atoms with Crippen LogP contribution in [0.5, 0.6) is 0 Å². The molecule has 3 heteroatoms. The third-order valence-corrected chi connectivity index (χ3v) is 4.11. The number of likely N-dealkylation sites (N-methyl/N-ethyl adjacent to an activating group) is 1. The fraction of sp³-hybridized carbons (Fsp3) is 0.611. The summed E-state index contributed by atoms with van der Waals surface area (Å²) in [4.78, 5) is 14.6. The third-order valence-electron chi connectivity index (χ3n) is 4.11. The van der Waals surface area contributed by atoms with E-state index in [1.54, 1.807) is 0 Å². The van der Waals surface area contributed by atoms with Crippen molar-refractivity contribution in [3.05, 3.63) is 35.4 Å². The number of rotatable bonds is 8. The van der Waals surface area contributed by atoms with Gasteiger partial charge in [-0.1, -0.05) is 44.5 Å². The van der Waals surface area contributed by atoms with Gasteiger partial charge in [-0.3, -0.25) is 9.69 Å². The summed E-state index contributed by atoms with van der Waals surface area (Å²) in [7, 11) is 0. The predicted molar refractivity (Wildman–Crippen MR) is 85.9 cm³/mol. The van der Waals surface area contributed by atoms with Crippen molar-refractivity contribution in [3.63, 3.8) is 0 Å². The van der Waals surface area contributed by atoms with Gasteiger partial charge < -0.3 is 4.74 Å². The standard InChI is InChI=1S/C18H27NO2/c1-3-6-15-8-10-16(11-9-15)18(20)14-19(4-2)13-17-7-5-12-21-17/h8-11,17H,3-7,12-14H2,1-2H3. The molecule has 0 aliphatic carbocycles. The van der Waals surface area contributed by atoms with Crippen LogP contribution in [-0.2, 0) is 11.2 Å². The van der Waals surface area contributed by atoms with Crippen LogP contribution in [-0.4, -0.2) is 43.0 Å². The van der Waals surface area contributed by atoms with Crippen molar-refractivity contribution in [3.8, 4) is 0 Å². The molecule has 0 radical (unpaired) electrons. The fourth-order valence-corrected chi connectivity index (χ4v) is 2.82. The van der Waals surface area contributed by atoms with E-state index in [2.05, 4.69) is 30.9 Å². The lowest BCUT2D eigenvalue weighted by molar-refractivity contribution is 0.0686. The molecule has 21 heavy (non-hydrogen) atoms. The van der Waals surface area contributed by atoms with Crippen LogP contribution in [0.2, 0.25) is 0 Å². The van der Waals surface area contributed by atoms with Crippen molar-refractivity contribution in [2.75, 3.05) is 26.2 Å². The molecule has 0 amide bonds. The Bertz CT molecular complexity index is 435. The third kappa shape index (κ3) is 4.94. The van der Waals surface area contributed by atoms with E-state index in [0.717, 1.165) is 50.9 Å². The molecule has 0 aromatic heterocycles. The van der Waals surface area contributed by atoms with E-state index in [-0.39, 0.29) is 5.78 Å². The number of hydrogen-bond donors (Lipinski definition) is 0. The molecule has 0 N–H and O–H groups in total. The normalized spacial score (nSPS) is 18.3. The van der Waals surface area contributed by atoms with Crippen molar-refractivity contribution in [1.82, 2.24) is 4.90 Å². The summed E-state index contributed by atoms with van der Waals surface area (Å²) in [5.74, 6) is 0.206. The van der Waals surface area contributed by atoms with Crippen LogP contribution in [0.3, 0.4) is 0 Å². The van der Waals surface area contributed by atoms with Crippen molar-refractivity contribution in [2.45, 2.75) is 45.6 Å². The van der Waals surface area contributed by atoms with E-state index < -0.39 is 0 Å². The maximum atomic E-state index is 12.4. The molecule has 1 fully saturated rings. The summed E-state index contributed by atoms with van der Waals surface area (Å²) >= 11 is 0. The van der Waals surface area contributed by atoms with E-state index >= 15 is 0 Å². The molecule has 0 spiro atoms. The maximum Gasteiger partial charge on any atom is 0.176 e. The summed E-state index contributed by atoms with van der Waals surface area (Å²) in [5.41, 5.74) is 2.13. The molecular formula is C18H27NO2. The van der Waals surface area contributed by atoms with Crippen LogP contribution >= 0.6 is 0 Å². The van der Waals surface area contributed by atoms with Crippen LogP contribution < -0.4 is 0 Å². The molecule has 0 saturated carbocycles. The SMILES string of the molecule is CCCc1ccc(C(=O)CN(CC)CC2CCCO2)cc1. The molecule has 1 saturated heterocycles. The number of benzene rings is 1. The molecule has 1 unspecified atom stereocenters. The van der Waals surface area contributed by atoms with Crippen molar-refractivity contribution < 1.29 is 9.53 Å². The van der Waals surface area contributed by atoms with Gasteiger partial charge in [-0.2, -0.15) is 0 Å². The minimum Gasteiger partial charge on any atom is -0.377 e. The van der Waals surface area contributed by atoms with Crippen molar-refractivity contribution in [1.29, 1.82) is 0 Å². The maximum absolute atomic E-state index is 12.4. The molecule has 0 bridgehead atoms. The lowest BCUT2D eigenvalue weighted by Crippen LogP contribution is -2.36. The second-order valence-electron chi connectivity index (χ2n) is 5.83. The first-order valence-electron chi connectivity index (χ1n) is 8.19. The summed E-state index contributed by atoms with van der Waals surface area (Å²) in [6.45, 7) is 7.39. The van der Waals surface area contributed by atoms with Gasteiger partial charge in [-0.25, -0.2) is 0 Å². The topological polar surface area (TPSA) is 29.5 Å². The Morgan fingerprint density at radius 3 is 2.62 bits per heavy atom. The van der Waals surface area contributed by atoms with E-state index in [0.29, 0.717) is 12.6 Å². The van der Waals surface area contributed by atoms with Crippen LogP contribution in [0.1, 0.15) is 49.0 Å². The Labute approximate surface area is 128 Å². The van der Waals surface area contributed by atoms with Gasteiger partial charge in [0.05, 0.1) is 12.6 Å². The van der Waals surface area contributed by atoms with Gasteiger partial charge >= 0.3 is 0 Å². The zero-order valence-corrected chi connectivity index (χ0v) is 13.3. The second kappa shape index (κ2) is 8.30. The highest BCUT2D eigenvalue weighted by Gasteiger charge is 2.20. The lowest BCUT2D eigenvalue weighted by Gasteiger charge is -2.22. The van der Waals surface area contributed by atoms with Gasteiger partial charge in [0, 0.05) is 18.7 Å². The molecule has 1 aliphatic rings. The molecule has 1 aromatic rings. The second-order valence-corrected chi connectivity index (χ2v) is 5.83. The smallest absolute Gasteiger partial charge is 0.176 e. The average molecular weight is 289 g/mol. The first-order chi connectivity index (χ1) is 10.2. The average Bonchev–Trinajstić information content (AvgIpc) is 3.00. The van der Waals surface area contributed by atoms with Gasteiger partial charge in [-0.15, -0.1) is 0 Å². The largest absolute Gasteiger partial charge is 0.377 e. The summed E-state index contributed by atoms with van der Waals surface area (Å²) in [5, 5.41) is 0. The number of ether oxygens (including phenoxy) is 1. The first-order valence-corrected chi connectivity index (χ1v) is 8.19. The number of carbonyl (C=O) groups is 1. The van der Waals surface area contributed by atoms with Gasteiger partial charge in [-0.05, 0) is 31.4 Å². The Balaban J connectivity index is 1.88. The molecule has 1 aromatic carbocycles. The highest BCUT2D eigenvalue weighted by molar-refractivity contribution is 5.97. The number of nitrogens with zero attached hydrogens (tertiary/aromatic N) is 1. The Morgan fingerprint density at radius 2 is 2.05 bits per heavy atom. The summed E-state index contributed by atoms with van der Waals surface area (Å²) < 4.78 is 5.66. The monoisotopic (exact) mass is 289 g/mol. The summed E-state index contributed by atoms with van der Waals surface area (Å²) in [6, 6.07) is 8.08. The predicted octanol–water partition coefficient (Wildman–Crippen LogP) is 3.32. The van der Waals surface area contributed by atoms with Crippen LogP contribution in [0.15, 0.2) is 24.3 Å². The first kappa shape index (κ1) is 16.2. The molecule has 1 atom stereocenters. The number of ketones is 1. The van der Waals surface area contributed by atoms with Crippen LogP contribution in [0.4, 0.5) is 0 Å². The zero-order chi connectivity index (χ0) is 15.1. The number of Topliss-reactive ketones (excluding diaryl/α,β-unsaturated/α-hetero) is 1. The molecule has 1 heterocycles. The van der Waals surface area contributed by atoms with E-state index in [1.807, 2.05) is 12.1 Å². The Morgan fingerprint density at radius 1 is 1.29 bits per heavy atom. The van der Waals surface area contributed by atoms with Gasteiger partial charge in [0.1, 0.15) is 0 Å². The summed E-state index contributed by atoms with van der Waals surface area (Å²) in [6.07, 6.45) is 4.79. The van der Waals surface area contributed by atoms with Crippen LogP contribution in [0, 0.1) is 0 Å². The van der Waals surface area contributed by atoms with E-state index in [9.17, 15) is 4.79 Å². The van der Waals surface area contributed by atoms with Crippen LogP contribution in [0.25, 0.3) is 0 Å². The number of aryl methyl sites for hydroxylation is 1. The molecule has 3 nitrogen and oxygen atoms in total. The zero-order valence-electron chi connectivity index (χ0n) is 13.3. The Kier molecular flexibility index (Phi) is 6.40. The van der Waals surface area contributed by atoms with Gasteiger partial charge in [0.25, 0.3) is 0 Å². The highest BCUT2D eigenvalue weighted by atomic mass is 16.5.